The number of amides is 2. The van der Waals surface area contributed by atoms with Crippen LogP contribution in [0.4, 0.5) is 4.79 Å². The smallest absolute Gasteiger partial charge is 0.315 e. The molecule has 2 N–H and O–H groups in total. The number of ether oxygens (including phenoxy) is 1. The van der Waals surface area contributed by atoms with Crippen molar-refractivity contribution in [1.29, 1.82) is 0 Å². The monoisotopic (exact) mass is 312 g/mol. The Kier molecular flexibility index (Phi) is 4.99. The van der Waals surface area contributed by atoms with Crippen molar-refractivity contribution in [3.05, 3.63) is 0 Å². The normalized spacial score (nSPS) is 33.9. The van der Waals surface area contributed by atoms with Gasteiger partial charge in [0.05, 0.1) is 5.60 Å². The van der Waals surface area contributed by atoms with Gasteiger partial charge < -0.3 is 15.4 Å². The highest BCUT2D eigenvalue weighted by Gasteiger charge is 2.40. The SMILES string of the molecule is CC[C@H](CC1CC1)NC(=O)N[C@H]1CCO[C@@]2(CCSC2)C1. The molecule has 4 nitrogen and oxygen atoms in total. The topological polar surface area (TPSA) is 50.4 Å². The first-order valence-electron chi connectivity index (χ1n) is 8.48. The molecule has 0 bridgehead atoms. The van der Waals surface area contributed by atoms with Gasteiger partial charge in [0.1, 0.15) is 0 Å². The molecule has 0 aromatic rings. The third kappa shape index (κ3) is 4.28. The highest BCUT2D eigenvalue weighted by atomic mass is 32.2. The van der Waals surface area contributed by atoms with E-state index in [2.05, 4.69) is 17.6 Å². The Labute approximate surface area is 132 Å². The molecule has 3 aliphatic rings. The van der Waals surface area contributed by atoms with E-state index in [0.29, 0.717) is 6.04 Å². The lowest BCUT2D eigenvalue weighted by Crippen LogP contribution is -2.52. The average molecular weight is 312 g/mol. The number of urea groups is 1. The zero-order valence-corrected chi connectivity index (χ0v) is 13.8. The highest BCUT2D eigenvalue weighted by molar-refractivity contribution is 7.99. The maximum atomic E-state index is 12.2. The van der Waals surface area contributed by atoms with Crippen molar-refractivity contribution < 1.29 is 9.53 Å². The number of carbonyl (C=O) groups is 1. The lowest BCUT2D eigenvalue weighted by molar-refractivity contribution is -0.0684. The van der Waals surface area contributed by atoms with Crippen LogP contribution in [-0.4, -0.2) is 41.8 Å². The molecule has 0 aromatic heterocycles. The molecule has 2 saturated heterocycles. The van der Waals surface area contributed by atoms with Crippen LogP contribution in [0.2, 0.25) is 0 Å². The second kappa shape index (κ2) is 6.78. The van der Waals surface area contributed by atoms with E-state index in [-0.39, 0.29) is 17.7 Å². The van der Waals surface area contributed by atoms with Crippen molar-refractivity contribution in [2.75, 3.05) is 18.1 Å². The molecule has 2 amide bonds. The van der Waals surface area contributed by atoms with E-state index in [1.807, 2.05) is 11.8 Å². The Hall–Kier alpha value is -0.420. The molecule has 3 rings (SSSR count). The van der Waals surface area contributed by atoms with Crippen LogP contribution in [-0.2, 0) is 4.74 Å². The van der Waals surface area contributed by atoms with Crippen molar-refractivity contribution in [3.63, 3.8) is 0 Å². The summed E-state index contributed by atoms with van der Waals surface area (Å²) in [4.78, 5) is 12.2. The van der Waals surface area contributed by atoms with E-state index in [4.69, 9.17) is 4.74 Å². The highest BCUT2D eigenvalue weighted by Crippen LogP contribution is 2.38. The third-order valence-corrected chi connectivity index (χ3v) is 6.26. The molecule has 3 fully saturated rings. The standard InChI is InChI=1S/C16H28N2O2S/c1-2-13(9-12-3-4-12)17-15(19)18-14-5-7-20-16(10-14)6-8-21-11-16/h12-14H,2-11H2,1H3,(H2,17,18,19)/t13-,14+,16+/m1/s1. The molecule has 1 spiro atoms. The summed E-state index contributed by atoms with van der Waals surface area (Å²) in [5.41, 5.74) is 0.0407. The minimum atomic E-state index is 0.0233. The maximum Gasteiger partial charge on any atom is 0.315 e. The van der Waals surface area contributed by atoms with E-state index in [1.165, 1.54) is 18.6 Å². The van der Waals surface area contributed by atoms with E-state index < -0.39 is 0 Å². The third-order valence-electron chi connectivity index (χ3n) is 5.04. The molecule has 1 saturated carbocycles. The van der Waals surface area contributed by atoms with E-state index >= 15 is 0 Å². The van der Waals surface area contributed by atoms with Crippen LogP contribution in [0.25, 0.3) is 0 Å². The van der Waals surface area contributed by atoms with Crippen LogP contribution in [0.3, 0.4) is 0 Å². The predicted octanol–water partition coefficient (Wildman–Crippen LogP) is 2.92. The van der Waals surface area contributed by atoms with Gasteiger partial charge in [-0.3, -0.25) is 0 Å². The van der Waals surface area contributed by atoms with Crippen LogP contribution in [0.1, 0.15) is 51.9 Å². The van der Waals surface area contributed by atoms with Crippen molar-refractivity contribution in [1.82, 2.24) is 10.6 Å². The first-order chi connectivity index (χ1) is 10.2. The van der Waals surface area contributed by atoms with Gasteiger partial charge in [0, 0.05) is 24.4 Å². The first kappa shape index (κ1) is 15.5. The second-order valence-electron chi connectivity index (χ2n) is 6.93. The van der Waals surface area contributed by atoms with Crippen LogP contribution in [0, 0.1) is 5.92 Å². The van der Waals surface area contributed by atoms with Gasteiger partial charge in [0.25, 0.3) is 0 Å². The molecule has 2 aliphatic heterocycles. The summed E-state index contributed by atoms with van der Waals surface area (Å²) in [6.45, 7) is 2.94. The Morgan fingerprint density at radius 1 is 1.43 bits per heavy atom. The fraction of sp³-hybridized carbons (Fsp3) is 0.938. The summed E-state index contributed by atoms with van der Waals surface area (Å²) in [6.07, 6.45) is 7.93. The number of hydrogen-bond donors (Lipinski definition) is 2. The summed E-state index contributed by atoms with van der Waals surface area (Å²) < 4.78 is 6.01. The molecule has 1 aliphatic carbocycles. The molecule has 120 valence electrons. The number of rotatable bonds is 5. The van der Waals surface area contributed by atoms with Crippen molar-refractivity contribution in [3.8, 4) is 0 Å². The summed E-state index contributed by atoms with van der Waals surface area (Å²) in [6, 6.07) is 0.638. The fourth-order valence-corrected chi connectivity index (χ4v) is 4.89. The molecular formula is C16H28N2O2S. The van der Waals surface area contributed by atoms with Crippen molar-refractivity contribution >= 4 is 17.8 Å². The van der Waals surface area contributed by atoms with Crippen LogP contribution in [0.15, 0.2) is 0 Å². The molecule has 5 heteroatoms. The number of thioether (sulfide) groups is 1. The van der Waals surface area contributed by atoms with Crippen LogP contribution in [0.5, 0.6) is 0 Å². The second-order valence-corrected chi connectivity index (χ2v) is 8.03. The summed E-state index contributed by atoms with van der Waals surface area (Å²) in [5.74, 6) is 3.14. The minimum Gasteiger partial charge on any atom is -0.374 e. The van der Waals surface area contributed by atoms with Gasteiger partial charge in [-0.05, 0) is 43.8 Å². The molecule has 0 aromatic carbocycles. The summed E-state index contributed by atoms with van der Waals surface area (Å²) in [7, 11) is 0. The average Bonchev–Trinajstić information content (AvgIpc) is 3.18. The summed E-state index contributed by atoms with van der Waals surface area (Å²) in [5, 5.41) is 6.36. The predicted molar refractivity (Wildman–Crippen MR) is 86.7 cm³/mol. The van der Waals surface area contributed by atoms with Crippen molar-refractivity contribution in [2.45, 2.75) is 69.6 Å². The van der Waals surface area contributed by atoms with Gasteiger partial charge in [0.15, 0.2) is 0 Å². The Bertz CT molecular complexity index is 367. The molecule has 2 heterocycles. The van der Waals surface area contributed by atoms with Crippen LogP contribution < -0.4 is 10.6 Å². The maximum absolute atomic E-state index is 12.2. The molecular weight excluding hydrogens is 284 g/mol. The Balaban J connectivity index is 1.45. The Morgan fingerprint density at radius 3 is 2.95 bits per heavy atom. The van der Waals surface area contributed by atoms with E-state index in [9.17, 15) is 4.79 Å². The largest absolute Gasteiger partial charge is 0.374 e. The molecule has 21 heavy (non-hydrogen) atoms. The van der Waals surface area contributed by atoms with E-state index in [0.717, 1.165) is 50.4 Å². The summed E-state index contributed by atoms with van der Waals surface area (Å²) >= 11 is 1.98. The lowest BCUT2D eigenvalue weighted by Gasteiger charge is -2.38. The number of hydrogen-bond acceptors (Lipinski definition) is 3. The Morgan fingerprint density at radius 2 is 2.29 bits per heavy atom. The molecule has 0 radical (unpaired) electrons. The van der Waals surface area contributed by atoms with Gasteiger partial charge in [-0.2, -0.15) is 11.8 Å². The van der Waals surface area contributed by atoms with E-state index in [1.54, 1.807) is 0 Å². The lowest BCUT2D eigenvalue weighted by atomic mass is 9.90. The number of carbonyl (C=O) groups excluding carboxylic acids is 1. The first-order valence-corrected chi connectivity index (χ1v) is 9.63. The van der Waals surface area contributed by atoms with Gasteiger partial charge in [0.2, 0.25) is 0 Å². The quantitative estimate of drug-likeness (QED) is 0.820. The molecule has 0 unspecified atom stereocenters. The number of nitrogens with one attached hydrogen (secondary N) is 2. The van der Waals surface area contributed by atoms with Gasteiger partial charge in [-0.15, -0.1) is 0 Å². The van der Waals surface area contributed by atoms with Crippen LogP contribution >= 0.6 is 11.8 Å². The minimum absolute atomic E-state index is 0.0233. The zero-order chi connectivity index (χ0) is 14.7. The van der Waals surface area contributed by atoms with Crippen molar-refractivity contribution in [2.24, 2.45) is 5.92 Å². The van der Waals surface area contributed by atoms with Gasteiger partial charge in [-0.25, -0.2) is 4.79 Å². The fourth-order valence-electron chi connectivity index (χ4n) is 3.51. The zero-order valence-electron chi connectivity index (χ0n) is 13.0. The van der Waals surface area contributed by atoms with Gasteiger partial charge in [-0.1, -0.05) is 19.8 Å². The molecule has 3 atom stereocenters. The van der Waals surface area contributed by atoms with Gasteiger partial charge >= 0.3 is 6.03 Å².